The number of nitrogens with one attached hydrogen (secondary N) is 2. The predicted molar refractivity (Wildman–Crippen MR) is 150 cm³/mol. The van der Waals surface area contributed by atoms with E-state index in [0.717, 1.165) is 11.8 Å². The molecule has 202 valence electrons. The van der Waals surface area contributed by atoms with Crippen LogP contribution in [-0.2, 0) is 14.3 Å². The van der Waals surface area contributed by atoms with E-state index in [2.05, 4.69) is 10.6 Å². The first-order valence-electron chi connectivity index (χ1n) is 12.2. The first-order chi connectivity index (χ1) is 18.9. The topological polar surface area (TPSA) is 106 Å². The van der Waals surface area contributed by atoms with Crippen molar-refractivity contribution >= 4 is 40.9 Å². The summed E-state index contributed by atoms with van der Waals surface area (Å²) in [5, 5.41) is 5.99. The van der Waals surface area contributed by atoms with Gasteiger partial charge >= 0.3 is 0 Å². The lowest BCUT2D eigenvalue weighted by Gasteiger charge is -2.14. The summed E-state index contributed by atoms with van der Waals surface area (Å²) in [7, 11) is 4.69. The molecule has 0 radical (unpaired) electrons. The fourth-order valence-electron chi connectivity index (χ4n) is 3.87. The maximum Gasteiger partial charge on any atom is 0.278 e. The molecule has 0 aromatic heterocycles. The van der Waals surface area contributed by atoms with Crippen molar-refractivity contribution < 1.29 is 28.6 Å². The van der Waals surface area contributed by atoms with Gasteiger partial charge in [-0.2, -0.15) is 0 Å². The molecule has 0 atom stereocenters. The number of benzene rings is 3. The van der Waals surface area contributed by atoms with Crippen molar-refractivity contribution in [3.8, 4) is 11.5 Å². The fraction of sp³-hybridized carbons (Fsp3) is 0.207. The highest BCUT2D eigenvalue weighted by Crippen LogP contribution is 2.37. The molecule has 4 rings (SSSR count). The van der Waals surface area contributed by atoms with Gasteiger partial charge in [-0.3, -0.25) is 19.3 Å². The molecule has 10 heteroatoms. The third-order valence-electron chi connectivity index (χ3n) is 5.86. The Kier molecular flexibility index (Phi) is 9.24. The Morgan fingerprint density at radius 2 is 1.59 bits per heavy atom. The third-order valence-corrected chi connectivity index (χ3v) is 6.93. The highest BCUT2D eigenvalue weighted by Gasteiger charge is 2.38. The van der Waals surface area contributed by atoms with E-state index in [-0.39, 0.29) is 29.0 Å². The average molecular weight is 548 g/mol. The van der Waals surface area contributed by atoms with Gasteiger partial charge in [0.25, 0.3) is 17.7 Å². The van der Waals surface area contributed by atoms with Crippen LogP contribution >= 0.6 is 11.8 Å². The molecule has 3 aromatic carbocycles. The number of anilines is 2. The van der Waals surface area contributed by atoms with Crippen molar-refractivity contribution in [1.29, 1.82) is 0 Å². The lowest BCUT2D eigenvalue weighted by atomic mass is 10.2. The van der Waals surface area contributed by atoms with Gasteiger partial charge in [0.05, 0.1) is 14.2 Å². The number of amides is 3. The van der Waals surface area contributed by atoms with E-state index in [0.29, 0.717) is 46.4 Å². The molecule has 3 amide bonds. The molecule has 0 saturated heterocycles. The quantitative estimate of drug-likeness (QED) is 0.247. The van der Waals surface area contributed by atoms with Crippen molar-refractivity contribution in [2.45, 2.75) is 11.3 Å². The van der Waals surface area contributed by atoms with Crippen LogP contribution < -0.4 is 20.1 Å². The zero-order chi connectivity index (χ0) is 27.8. The summed E-state index contributed by atoms with van der Waals surface area (Å²) in [5.41, 5.74) is 1.83. The van der Waals surface area contributed by atoms with Crippen molar-refractivity contribution in [3.05, 3.63) is 89.0 Å². The summed E-state index contributed by atoms with van der Waals surface area (Å²) in [6, 6.07) is 21.0. The number of thioether (sulfide) groups is 1. The second kappa shape index (κ2) is 13.0. The molecule has 0 aliphatic carbocycles. The van der Waals surface area contributed by atoms with Crippen molar-refractivity contribution in [3.63, 3.8) is 0 Å². The van der Waals surface area contributed by atoms with Gasteiger partial charge < -0.3 is 24.8 Å². The standard InChI is InChI=1S/C29H29N3O6S/c1-36-16-6-15-32-28(34)25(30-20-11-13-22(37-2)14-12-20)26(29(32)35)39-24-10-5-8-21(18-24)31-27(33)19-7-4-9-23(17-19)38-3/h4-5,7-14,17-18,30H,6,15-16H2,1-3H3,(H,31,33). The van der Waals surface area contributed by atoms with Crippen LogP contribution in [0.25, 0.3) is 0 Å². The zero-order valence-corrected chi connectivity index (χ0v) is 22.7. The highest BCUT2D eigenvalue weighted by atomic mass is 32.2. The van der Waals surface area contributed by atoms with E-state index in [4.69, 9.17) is 14.2 Å². The number of hydrogen-bond acceptors (Lipinski definition) is 8. The molecular formula is C29H29N3O6S. The molecule has 2 N–H and O–H groups in total. The van der Waals surface area contributed by atoms with Crippen LogP contribution in [0.1, 0.15) is 16.8 Å². The minimum atomic E-state index is -0.406. The molecule has 39 heavy (non-hydrogen) atoms. The summed E-state index contributed by atoms with van der Waals surface area (Å²) < 4.78 is 15.5. The molecule has 0 unspecified atom stereocenters. The van der Waals surface area contributed by atoms with Crippen molar-refractivity contribution in [1.82, 2.24) is 4.90 Å². The number of rotatable bonds is 12. The SMILES string of the molecule is COCCCN1C(=O)C(Nc2ccc(OC)cc2)=C(Sc2cccc(NC(=O)c3cccc(OC)c3)c2)C1=O. The van der Waals surface area contributed by atoms with E-state index in [1.807, 2.05) is 6.07 Å². The minimum Gasteiger partial charge on any atom is -0.497 e. The van der Waals surface area contributed by atoms with Gasteiger partial charge in [-0.05, 0) is 67.1 Å². The number of methoxy groups -OCH3 is 3. The van der Waals surface area contributed by atoms with E-state index < -0.39 is 5.91 Å². The van der Waals surface area contributed by atoms with Crippen LogP contribution in [0.15, 0.2) is 88.3 Å². The van der Waals surface area contributed by atoms with Crippen LogP contribution in [0, 0.1) is 0 Å². The normalized spacial score (nSPS) is 13.1. The summed E-state index contributed by atoms with van der Waals surface area (Å²) in [5.74, 6) is 0.163. The summed E-state index contributed by atoms with van der Waals surface area (Å²) in [4.78, 5) is 41.6. The molecule has 1 aliphatic heterocycles. The van der Waals surface area contributed by atoms with Crippen molar-refractivity contribution in [2.24, 2.45) is 0 Å². The van der Waals surface area contributed by atoms with Gasteiger partial charge in [0.2, 0.25) is 0 Å². The van der Waals surface area contributed by atoms with E-state index in [9.17, 15) is 14.4 Å². The first kappa shape index (κ1) is 27.7. The number of hydrogen-bond donors (Lipinski definition) is 2. The van der Waals surface area contributed by atoms with Gasteiger partial charge in [-0.1, -0.05) is 23.9 Å². The van der Waals surface area contributed by atoms with E-state index in [1.54, 1.807) is 80.9 Å². The van der Waals surface area contributed by atoms with Crippen LogP contribution in [0.3, 0.4) is 0 Å². The number of nitrogens with zero attached hydrogens (tertiary/aromatic N) is 1. The van der Waals surface area contributed by atoms with E-state index in [1.165, 1.54) is 12.0 Å². The molecule has 0 spiro atoms. The van der Waals surface area contributed by atoms with Gasteiger partial charge in [0, 0.05) is 42.1 Å². The van der Waals surface area contributed by atoms with Crippen LogP contribution in [0.5, 0.6) is 11.5 Å². The maximum absolute atomic E-state index is 13.4. The average Bonchev–Trinajstić information content (AvgIpc) is 3.17. The minimum absolute atomic E-state index is 0.193. The fourth-order valence-corrected chi connectivity index (χ4v) is 4.88. The van der Waals surface area contributed by atoms with Gasteiger partial charge in [0.1, 0.15) is 22.1 Å². The summed E-state index contributed by atoms with van der Waals surface area (Å²) in [6.07, 6.45) is 0.521. The monoisotopic (exact) mass is 547 g/mol. The Labute approximate surface area is 231 Å². The number of imide groups is 1. The Morgan fingerprint density at radius 1 is 0.846 bits per heavy atom. The molecule has 0 fully saturated rings. The highest BCUT2D eigenvalue weighted by molar-refractivity contribution is 8.04. The Bertz CT molecular complexity index is 1390. The number of carbonyl (C=O) groups excluding carboxylic acids is 3. The smallest absolute Gasteiger partial charge is 0.278 e. The van der Waals surface area contributed by atoms with Crippen molar-refractivity contribution in [2.75, 3.05) is 45.1 Å². The lowest BCUT2D eigenvalue weighted by Crippen LogP contribution is -2.33. The Morgan fingerprint density at radius 3 is 2.31 bits per heavy atom. The molecular weight excluding hydrogens is 518 g/mol. The summed E-state index contributed by atoms with van der Waals surface area (Å²) >= 11 is 1.16. The molecule has 1 heterocycles. The van der Waals surface area contributed by atoms with E-state index >= 15 is 0 Å². The van der Waals surface area contributed by atoms with Gasteiger partial charge in [0.15, 0.2) is 0 Å². The molecule has 0 saturated carbocycles. The Balaban J connectivity index is 1.57. The predicted octanol–water partition coefficient (Wildman–Crippen LogP) is 4.78. The van der Waals surface area contributed by atoms with Gasteiger partial charge in [-0.25, -0.2) is 0 Å². The van der Waals surface area contributed by atoms with Crippen LogP contribution in [0.2, 0.25) is 0 Å². The first-order valence-corrected chi connectivity index (χ1v) is 13.0. The zero-order valence-electron chi connectivity index (χ0n) is 21.9. The number of ether oxygens (including phenoxy) is 3. The maximum atomic E-state index is 13.4. The number of carbonyl (C=O) groups is 3. The largest absolute Gasteiger partial charge is 0.497 e. The van der Waals surface area contributed by atoms with Gasteiger partial charge in [-0.15, -0.1) is 0 Å². The van der Waals surface area contributed by atoms with Crippen LogP contribution in [0.4, 0.5) is 11.4 Å². The molecule has 1 aliphatic rings. The second-order valence-corrected chi connectivity index (χ2v) is 9.57. The molecule has 3 aromatic rings. The molecule has 0 bridgehead atoms. The van der Waals surface area contributed by atoms with Crippen LogP contribution in [-0.4, -0.2) is 57.1 Å². The second-order valence-electron chi connectivity index (χ2n) is 8.48. The Hall–Kier alpha value is -4.28. The summed E-state index contributed by atoms with van der Waals surface area (Å²) in [6.45, 7) is 0.663. The molecule has 9 nitrogen and oxygen atoms in total. The lowest BCUT2D eigenvalue weighted by molar-refractivity contribution is -0.137. The third kappa shape index (κ3) is 6.78.